The Kier molecular flexibility index (Phi) is 7.17. The largest absolute Gasteiger partial charge is 0.424 e. The fraction of sp³-hybridized carbons (Fsp3) is 0.0714. The zero-order valence-corrected chi connectivity index (χ0v) is 22.6. The van der Waals surface area contributed by atoms with Crippen molar-refractivity contribution in [3.8, 4) is 33.3 Å². The number of fused-ring (bicyclic) bond motifs is 1. The zero-order valence-electron chi connectivity index (χ0n) is 20.2. The lowest BCUT2D eigenvalue weighted by atomic mass is 9.98. The summed E-state index contributed by atoms with van der Waals surface area (Å²) in [6, 6.07) is 14.3. The number of carbonyl (C=O) groups excluding carboxylic acids is 1. The smallest absolute Gasteiger partial charge is 0.322 e. The van der Waals surface area contributed by atoms with Crippen LogP contribution in [-0.2, 0) is 11.3 Å². The summed E-state index contributed by atoms with van der Waals surface area (Å²) >= 11 is 4.99. The molecule has 0 aliphatic carbocycles. The molecule has 0 saturated heterocycles. The Balaban J connectivity index is 1.58. The molecule has 5 rings (SSSR count). The van der Waals surface area contributed by atoms with Gasteiger partial charge in [-0.2, -0.15) is 0 Å². The number of nitrogen functional groups attached to an aromatic ring is 1. The van der Waals surface area contributed by atoms with Gasteiger partial charge in [0.25, 0.3) is 0 Å². The molecule has 5 aromatic rings. The van der Waals surface area contributed by atoms with E-state index in [4.69, 9.17) is 10.5 Å². The number of carbonyl (C=O) groups is 1. The number of rotatable bonds is 7. The SMILES string of the molecule is C=CC(=O)NCc1ccc(-c2sc3c(Br)cnc(N)c3c2-c2ccc(Oc3nccc(C)n3)cc2)c(F)c1. The lowest BCUT2D eigenvalue weighted by Gasteiger charge is -2.10. The standard InChI is InChI=1S/C28H21BrFN5O2S/c1-3-22(36)33-13-16-4-9-19(21(30)12-16)25-23(24-26(38-25)20(29)14-34-27(24)31)17-5-7-18(8-6-17)37-28-32-11-10-15(2)35-28/h3-12,14H,1,13H2,2H3,(H2,31,34)(H,33,36). The van der Waals surface area contributed by atoms with E-state index in [-0.39, 0.29) is 18.5 Å². The minimum atomic E-state index is -0.414. The third-order valence-electron chi connectivity index (χ3n) is 5.75. The van der Waals surface area contributed by atoms with Crippen LogP contribution in [-0.4, -0.2) is 20.9 Å². The van der Waals surface area contributed by atoms with E-state index in [1.165, 1.54) is 23.5 Å². The van der Waals surface area contributed by atoms with Crippen molar-refractivity contribution >= 4 is 49.1 Å². The number of pyridine rings is 1. The van der Waals surface area contributed by atoms with Crippen LogP contribution in [0.5, 0.6) is 11.8 Å². The number of amides is 1. The number of halogens is 2. The summed E-state index contributed by atoms with van der Waals surface area (Å²) in [5, 5.41) is 3.39. The summed E-state index contributed by atoms with van der Waals surface area (Å²) in [5.74, 6) is 0.168. The molecule has 1 amide bonds. The van der Waals surface area contributed by atoms with E-state index in [1.54, 1.807) is 42.7 Å². The van der Waals surface area contributed by atoms with Crippen LogP contribution in [0.1, 0.15) is 11.3 Å². The highest BCUT2D eigenvalue weighted by atomic mass is 79.9. The Morgan fingerprint density at radius 2 is 2.00 bits per heavy atom. The monoisotopic (exact) mass is 589 g/mol. The molecule has 0 radical (unpaired) electrons. The number of hydrogen-bond donors (Lipinski definition) is 2. The molecule has 0 unspecified atom stereocenters. The van der Waals surface area contributed by atoms with Gasteiger partial charge in [-0.15, -0.1) is 11.3 Å². The normalized spacial score (nSPS) is 10.9. The van der Waals surface area contributed by atoms with Crippen molar-refractivity contribution in [3.63, 3.8) is 0 Å². The number of nitrogens with one attached hydrogen (secondary N) is 1. The second-order valence-corrected chi connectivity index (χ2v) is 10.2. The van der Waals surface area contributed by atoms with Crippen LogP contribution >= 0.6 is 27.3 Å². The highest BCUT2D eigenvalue weighted by Gasteiger charge is 2.22. The first kappa shape index (κ1) is 25.5. The molecule has 0 aliphatic heterocycles. The summed E-state index contributed by atoms with van der Waals surface area (Å²) in [6.45, 7) is 5.48. The van der Waals surface area contributed by atoms with Gasteiger partial charge in [-0.05, 0) is 64.3 Å². The predicted octanol–water partition coefficient (Wildman–Crippen LogP) is 6.81. The molecular formula is C28H21BrFN5O2S. The molecular weight excluding hydrogens is 569 g/mol. The molecule has 2 aromatic carbocycles. The van der Waals surface area contributed by atoms with E-state index >= 15 is 4.39 Å². The minimum absolute atomic E-state index is 0.190. The average Bonchev–Trinajstić information content (AvgIpc) is 3.31. The van der Waals surface area contributed by atoms with E-state index in [1.807, 2.05) is 19.1 Å². The quantitative estimate of drug-likeness (QED) is 0.202. The summed E-state index contributed by atoms with van der Waals surface area (Å²) < 4.78 is 22.9. The summed E-state index contributed by atoms with van der Waals surface area (Å²) in [6.07, 6.45) is 4.45. The Bertz CT molecular complexity index is 1690. The van der Waals surface area contributed by atoms with Gasteiger partial charge in [-0.3, -0.25) is 4.79 Å². The number of hydrogen-bond acceptors (Lipinski definition) is 7. The van der Waals surface area contributed by atoms with Gasteiger partial charge >= 0.3 is 6.01 Å². The van der Waals surface area contributed by atoms with Crippen LogP contribution in [0.3, 0.4) is 0 Å². The van der Waals surface area contributed by atoms with E-state index in [0.717, 1.165) is 31.4 Å². The fourth-order valence-corrected chi connectivity index (χ4v) is 5.75. The van der Waals surface area contributed by atoms with Crippen LogP contribution in [0.15, 0.2) is 78.1 Å². The molecule has 3 aromatic heterocycles. The summed E-state index contributed by atoms with van der Waals surface area (Å²) in [7, 11) is 0. The lowest BCUT2D eigenvalue weighted by molar-refractivity contribution is -0.116. The Hall–Kier alpha value is -4.15. The topological polar surface area (TPSA) is 103 Å². The first-order valence-electron chi connectivity index (χ1n) is 11.5. The predicted molar refractivity (Wildman–Crippen MR) is 151 cm³/mol. The maximum absolute atomic E-state index is 15.5. The lowest BCUT2D eigenvalue weighted by Crippen LogP contribution is -2.19. The molecule has 38 heavy (non-hydrogen) atoms. The third-order valence-corrected chi connectivity index (χ3v) is 7.87. The molecule has 0 aliphatic rings. The second-order valence-electron chi connectivity index (χ2n) is 8.34. The van der Waals surface area contributed by atoms with Crippen molar-refractivity contribution in [1.29, 1.82) is 0 Å². The summed E-state index contributed by atoms with van der Waals surface area (Å²) in [5.41, 5.74) is 9.76. The first-order valence-corrected chi connectivity index (χ1v) is 13.1. The minimum Gasteiger partial charge on any atom is -0.424 e. The average molecular weight is 590 g/mol. The van der Waals surface area contributed by atoms with Gasteiger partial charge in [0.1, 0.15) is 17.4 Å². The Morgan fingerprint density at radius 1 is 1.21 bits per heavy atom. The van der Waals surface area contributed by atoms with Gasteiger partial charge < -0.3 is 15.8 Å². The molecule has 10 heteroatoms. The van der Waals surface area contributed by atoms with Gasteiger partial charge in [0.15, 0.2) is 0 Å². The van der Waals surface area contributed by atoms with Crippen molar-refractivity contribution in [3.05, 3.63) is 95.1 Å². The Morgan fingerprint density at radius 3 is 2.71 bits per heavy atom. The maximum Gasteiger partial charge on any atom is 0.322 e. The van der Waals surface area contributed by atoms with Gasteiger partial charge in [0.2, 0.25) is 5.91 Å². The van der Waals surface area contributed by atoms with E-state index in [9.17, 15) is 4.79 Å². The van der Waals surface area contributed by atoms with Crippen molar-refractivity contribution in [1.82, 2.24) is 20.3 Å². The van der Waals surface area contributed by atoms with Crippen molar-refractivity contribution in [2.24, 2.45) is 0 Å². The van der Waals surface area contributed by atoms with Crippen molar-refractivity contribution < 1.29 is 13.9 Å². The third kappa shape index (κ3) is 5.13. The molecule has 7 nitrogen and oxygen atoms in total. The van der Waals surface area contributed by atoms with Crippen molar-refractivity contribution in [2.75, 3.05) is 5.73 Å². The highest BCUT2D eigenvalue weighted by Crippen LogP contribution is 2.49. The Labute approximate surface area is 230 Å². The zero-order chi connectivity index (χ0) is 26.8. The molecule has 3 N–H and O–H groups in total. The van der Waals surface area contributed by atoms with Gasteiger partial charge in [-0.25, -0.2) is 19.3 Å². The van der Waals surface area contributed by atoms with Gasteiger partial charge in [0, 0.05) is 46.0 Å². The molecule has 0 spiro atoms. The van der Waals surface area contributed by atoms with Crippen LogP contribution in [0, 0.1) is 12.7 Å². The summed E-state index contributed by atoms with van der Waals surface area (Å²) in [4.78, 5) is 24.9. The molecule has 190 valence electrons. The fourth-order valence-electron chi connectivity index (χ4n) is 3.94. The number of nitrogens with two attached hydrogens (primary N) is 1. The first-order chi connectivity index (χ1) is 18.3. The van der Waals surface area contributed by atoms with Crippen LogP contribution in [0.2, 0.25) is 0 Å². The maximum atomic E-state index is 15.5. The van der Waals surface area contributed by atoms with Gasteiger partial charge in [-0.1, -0.05) is 30.8 Å². The number of benzene rings is 2. The number of ether oxygens (including phenoxy) is 1. The molecule has 0 bridgehead atoms. The van der Waals surface area contributed by atoms with E-state index < -0.39 is 5.82 Å². The number of nitrogens with zero attached hydrogens (tertiary/aromatic N) is 3. The van der Waals surface area contributed by atoms with Crippen molar-refractivity contribution in [2.45, 2.75) is 13.5 Å². The van der Waals surface area contributed by atoms with Gasteiger partial charge in [0.05, 0.1) is 9.17 Å². The molecule has 0 atom stereocenters. The number of thiophene rings is 1. The van der Waals surface area contributed by atoms with E-state index in [2.05, 4.69) is 42.8 Å². The van der Waals surface area contributed by atoms with Crippen LogP contribution < -0.4 is 15.8 Å². The van der Waals surface area contributed by atoms with Crippen LogP contribution in [0.4, 0.5) is 10.2 Å². The number of aryl methyl sites for hydroxylation is 1. The second kappa shape index (κ2) is 10.7. The molecule has 0 saturated carbocycles. The van der Waals surface area contributed by atoms with Crippen LogP contribution in [0.25, 0.3) is 31.7 Å². The number of anilines is 1. The molecule has 3 heterocycles. The molecule has 0 fully saturated rings. The number of aromatic nitrogens is 3. The van der Waals surface area contributed by atoms with E-state index in [0.29, 0.717) is 27.6 Å². The highest BCUT2D eigenvalue weighted by molar-refractivity contribution is 9.10.